The Labute approximate surface area is 147 Å². The maximum absolute atomic E-state index is 12.0. The fraction of sp³-hybridized carbons (Fsp3) is 0.500. The fourth-order valence-corrected chi connectivity index (χ4v) is 2.93. The van der Waals surface area contributed by atoms with Crippen molar-refractivity contribution in [2.24, 2.45) is 5.92 Å². The number of esters is 1. The summed E-state index contributed by atoms with van der Waals surface area (Å²) in [6, 6.07) is 4.88. The molecule has 1 aromatic rings. The number of amides is 2. The van der Waals surface area contributed by atoms with Crippen molar-refractivity contribution in [2.45, 2.75) is 39.0 Å². The van der Waals surface area contributed by atoms with Crippen LogP contribution in [0.25, 0.3) is 0 Å². The molecule has 0 radical (unpaired) electrons. The molecule has 0 aromatic heterocycles. The van der Waals surface area contributed by atoms with Gasteiger partial charge in [0.25, 0.3) is 5.91 Å². The van der Waals surface area contributed by atoms with E-state index in [9.17, 15) is 14.4 Å². The van der Waals surface area contributed by atoms with Gasteiger partial charge in [-0.1, -0.05) is 12.8 Å². The molecule has 0 spiro atoms. The summed E-state index contributed by atoms with van der Waals surface area (Å²) in [5.74, 6) is -0.202. The van der Waals surface area contributed by atoms with Crippen LogP contribution in [0, 0.1) is 5.92 Å². The lowest BCUT2D eigenvalue weighted by Crippen LogP contribution is -2.22. The van der Waals surface area contributed by atoms with Crippen molar-refractivity contribution < 1.29 is 23.9 Å². The fourth-order valence-electron chi connectivity index (χ4n) is 2.93. The second-order valence-electron chi connectivity index (χ2n) is 6.16. The van der Waals surface area contributed by atoms with Crippen LogP contribution in [0.2, 0.25) is 0 Å². The zero-order valence-corrected chi connectivity index (χ0v) is 14.6. The molecule has 1 aliphatic rings. The van der Waals surface area contributed by atoms with Gasteiger partial charge in [0.2, 0.25) is 5.91 Å². The van der Waals surface area contributed by atoms with Crippen molar-refractivity contribution in [3.05, 3.63) is 18.2 Å². The monoisotopic (exact) mass is 348 g/mol. The van der Waals surface area contributed by atoms with Crippen molar-refractivity contribution in [3.63, 3.8) is 0 Å². The molecule has 1 saturated carbocycles. The van der Waals surface area contributed by atoms with Crippen molar-refractivity contribution >= 4 is 29.2 Å². The SMILES string of the molecule is COc1ccc(NC(C)=O)cc1NC(=O)COC(=O)CC1CCCC1. The second-order valence-corrected chi connectivity index (χ2v) is 6.16. The van der Waals surface area contributed by atoms with E-state index in [4.69, 9.17) is 9.47 Å². The lowest BCUT2D eigenvalue weighted by Gasteiger charge is -2.13. The zero-order chi connectivity index (χ0) is 18.2. The Morgan fingerprint density at radius 2 is 1.88 bits per heavy atom. The Hall–Kier alpha value is -2.57. The maximum atomic E-state index is 12.0. The van der Waals surface area contributed by atoms with Crippen LogP contribution in [0.5, 0.6) is 5.75 Å². The summed E-state index contributed by atoms with van der Waals surface area (Å²) in [5.41, 5.74) is 0.924. The van der Waals surface area contributed by atoms with Crippen molar-refractivity contribution in [1.82, 2.24) is 0 Å². The number of anilines is 2. The van der Waals surface area contributed by atoms with Gasteiger partial charge >= 0.3 is 5.97 Å². The molecule has 2 rings (SSSR count). The molecule has 0 bridgehead atoms. The smallest absolute Gasteiger partial charge is 0.306 e. The quantitative estimate of drug-likeness (QED) is 0.739. The predicted molar refractivity (Wildman–Crippen MR) is 93.5 cm³/mol. The van der Waals surface area contributed by atoms with Gasteiger partial charge in [-0.3, -0.25) is 14.4 Å². The Kier molecular flexibility index (Phi) is 6.80. The number of hydrogen-bond acceptors (Lipinski definition) is 5. The standard InChI is InChI=1S/C18H24N2O5/c1-12(21)19-14-7-8-16(24-2)15(10-14)20-17(22)11-25-18(23)9-13-5-3-4-6-13/h7-8,10,13H,3-6,9,11H2,1-2H3,(H,19,21)(H,20,22). The van der Waals surface area contributed by atoms with Gasteiger partial charge in [-0.15, -0.1) is 0 Å². The van der Waals surface area contributed by atoms with Gasteiger partial charge in [0.15, 0.2) is 6.61 Å². The summed E-state index contributed by atoms with van der Waals surface area (Å²) in [4.78, 5) is 34.9. The first-order valence-electron chi connectivity index (χ1n) is 8.39. The zero-order valence-electron chi connectivity index (χ0n) is 14.6. The summed E-state index contributed by atoms with van der Waals surface area (Å²) in [6.45, 7) is 1.05. The molecular formula is C18H24N2O5. The summed E-state index contributed by atoms with van der Waals surface area (Å²) in [6.07, 6.45) is 4.78. The molecule has 1 fully saturated rings. The molecule has 2 amide bonds. The molecule has 0 atom stereocenters. The Balaban J connectivity index is 1.87. The Morgan fingerprint density at radius 3 is 2.52 bits per heavy atom. The van der Waals surface area contributed by atoms with E-state index in [1.165, 1.54) is 14.0 Å². The van der Waals surface area contributed by atoms with Crippen molar-refractivity contribution in [1.29, 1.82) is 0 Å². The van der Waals surface area contributed by atoms with E-state index in [0.29, 0.717) is 29.5 Å². The summed E-state index contributed by atoms with van der Waals surface area (Å²) in [7, 11) is 1.48. The van der Waals surface area contributed by atoms with Gasteiger partial charge in [0.05, 0.1) is 12.8 Å². The topological polar surface area (TPSA) is 93.7 Å². The highest BCUT2D eigenvalue weighted by molar-refractivity contribution is 5.96. The van der Waals surface area contributed by atoms with Crippen LogP contribution >= 0.6 is 0 Å². The molecule has 2 N–H and O–H groups in total. The van der Waals surface area contributed by atoms with Gasteiger partial charge < -0.3 is 20.1 Å². The molecule has 0 saturated heterocycles. The molecule has 0 aliphatic heterocycles. The largest absolute Gasteiger partial charge is 0.495 e. The molecule has 1 aromatic carbocycles. The maximum Gasteiger partial charge on any atom is 0.306 e. The number of nitrogens with one attached hydrogen (secondary N) is 2. The Bertz CT molecular complexity index is 638. The Morgan fingerprint density at radius 1 is 1.16 bits per heavy atom. The second kappa shape index (κ2) is 9.05. The molecule has 7 heteroatoms. The third kappa shape index (κ3) is 6.10. The highest BCUT2D eigenvalue weighted by Gasteiger charge is 2.20. The van der Waals surface area contributed by atoms with Crippen molar-refractivity contribution in [2.75, 3.05) is 24.4 Å². The van der Waals surface area contributed by atoms with Crippen LogP contribution in [-0.2, 0) is 19.1 Å². The number of carbonyl (C=O) groups excluding carboxylic acids is 3. The summed E-state index contributed by atoms with van der Waals surface area (Å²) < 4.78 is 10.2. The van der Waals surface area contributed by atoms with Crippen LogP contribution in [0.4, 0.5) is 11.4 Å². The van der Waals surface area contributed by atoms with Crippen molar-refractivity contribution in [3.8, 4) is 5.75 Å². The molecular weight excluding hydrogens is 324 g/mol. The highest BCUT2D eigenvalue weighted by atomic mass is 16.5. The summed E-state index contributed by atoms with van der Waals surface area (Å²) >= 11 is 0. The van der Waals surface area contributed by atoms with E-state index in [1.54, 1.807) is 18.2 Å². The molecule has 7 nitrogen and oxygen atoms in total. The number of hydrogen-bond donors (Lipinski definition) is 2. The number of benzene rings is 1. The number of rotatable bonds is 7. The van der Waals surface area contributed by atoms with E-state index in [2.05, 4.69) is 10.6 Å². The highest BCUT2D eigenvalue weighted by Crippen LogP contribution is 2.28. The van der Waals surface area contributed by atoms with E-state index in [1.807, 2.05) is 0 Å². The third-order valence-electron chi connectivity index (χ3n) is 4.09. The predicted octanol–water partition coefficient (Wildman–Crippen LogP) is 2.72. The minimum Gasteiger partial charge on any atom is -0.495 e. The van der Waals surface area contributed by atoms with E-state index < -0.39 is 5.91 Å². The third-order valence-corrected chi connectivity index (χ3v) is 4.09. The molecule has 1 aliphatic carbocycles. The first-order valence-corrected chi connectivity index (χ1v) is 8.39. The van der Waals surface area contributed by atoms with Crippen LogP contribution in [0.1, 0.15) is 39.0 Å². The average molecular weight is 348 g/mol. The lowest BCUT2D eigenvalue weighted by atomic mass is 10.1. The molecule has 25 heavy (non-hydrogen) atoms. The minimum atomic E-state index is -0.460. The van der Waals surface area contributed by atoms with Gasteiger partial charge in [-0.2, -0.15) is 0 Å². The van der Waals surface area contributed by atoms with Crippen LogP contribution < -0.4 is 15.4 Å². The first-order chi connectivity index (χ1) is 12.0. The number of methoxy groups -OCH3 is 1. The van der Waals surface area contributed by atoms with Gasteiger partial charge in [0, 0.05) is 19.0 Å². The molecule has 0 unspecified atom stereocenters. The number of ether oxygens (including phenoxy) is 2. The van der Waals surface area contributed by atoms with Crippen LogP contribution in [0.15, 0.2) is 18.2 Å². The normalized spacial score (nSPS) is 14.0. The average Bonchev–Trinajstić information content (AvgIpc) is 3.05. The van der Waals surface area contributed by atoms with E-state index in [-0.39, 0.29) is 18.5 Å². The number of carbonyl (C=O) groups is 3. The van der Waals surface area contributed by atoms with Crippen LogP contribution in [0.3, 0.4) is 0 Å². The van der Waals surface area contributed by atoms with E-state index >= 15 is 0 Å². The van der Waals surface area contributed by atoms with Gasteiger partial charge in [-0.25, -0.2) is 0 Å². The van der Waals surface area contributed by atoms with Crippen LogP contribution in [-0.4, -0.2) is 31.5 Å². The lowest BCUT2D eigenvalue weighted by molar-refractivity contribution is -0.148. The van der Waals surface area contributed by atoms with Gasteiger partial charge in [0.1, 0.15) is 5.75 Å². The van der Waals surface area contributed by atoms with Gasteiger partial charge in [-0.05, 0) is 37.0 Å². The summed E-state index contributed by atoms with van der Waals surface area (Å²) in [5, 5.41) is 5.26. The minimum absolute atomic E-state index is 0.219. The first kappa shape index (κ1) is 18.8. The molecule has 0 heterocycles. The van der Waals surface area contributed by atoms with E-state index in [0.717, 1.165) is 25.7 Å². The molecule has 136 valence electrons.